The lowest BCUT2D eigenvalue weighted by atomic mass is 9.95. The molecule has 0 spiro atoms. The topological polar surface area (TPSA) is 52.6 Å². The van der Waals surface area contributed by atoms with Gasteiger partial charge in [0, 0.05) is 12.8 Å². The fourth-order valence-corrected chi connectivity index (χ4v) is 2.32. The van der Waals surface area contributed by atoms with E-state index < -0.39 is 0 Å². The SMILES string of the molecule is CCOC(=O)CCCC(=O)OC(CC)CCC(CC)CC. The molecule has 0 radical (unpaired) electrons. The molecule has 0 fully saturated rings. The van der Waals surface area contributed by atoms with Gasteiger partial charge in [-0.3, -0.25) is 9.59 Å². The highest BCUT2D eigenvalue weighted by Crippen LogP contribution is 2.19. The zero-order valence-corrected chi connectivity index (χ0v) is 14.2. The fraction of sp³-hybridized carbons (Fsp3) is 0.882. The highest BCUT2D eigenvalue weighted by Gasteiger charge is 2.15. The summed E-state index contributed by atoms with van der Waals surface area (Å²) in [5, 5.41) is 0. The van der Waals surface area contributed by atoms with Gasteiger partial charge in [0.25, 0.3) is 0 Å². The Morgan fingerprint density at radius 3 is 2.00 bits per heavy atom. The van der Waals surface area contributed by atoms with E-state index in [9.17, 15) is 9.59 Å². The summed E-state index contributed by atoms with van der Waals surface area (Å²) in [5.74, 6) is 0.281. The van der Waals surface area contributed by atoms with Gasteiger partial charge < -0.3 is 9.47 Å². The first kappa shape index (κ1) is 19.9. The molecule has 0 aromatic heterocycles. The van der Waals surface area contributed by atoms with Crippen LogP contribution in [0.25, 0.3) is 0 Å². The molecule has 21 heavy (non-hydrogen) atoms. The molecule has 0 heterocycles. The number of esters is 2. The van der Waals surface area contributed by atoms with Crippen molar-refractivity contribution in [1.82, 2.24) is 0 Å². The fourth-order valence-electron chi connectivity index (χ4n) is 2.32. The van der Waals surface area contributed by atoms with Crippen molar-refractivity contribution in [3.8, 4) is 0 Å². The first-order chi connectivity index (χ1) is 10.1. The molecule has 0 bridgehead atoms. The van der Waals surface area contributed by atoms with Crippen molar-refractivity contribution in [2.45, 2.75) is 85.2 Å². The molecule has 1 unspecified atom stereocenters. The maximum Gasteiger partial charge on any atom is 0.306 e. The van der Waals surface area contributed by atoms with E-state index in [0.29, 0.717) is 19.4 Å². The van der Waals surface area contributed by atoms with Crippen LogP contribution >= 0.6 is 0 Å². The highest BCUT2D eigenvalue weighted by molar-refractivity contribution is 5.72. The summed E-state index contributed by atoms with van der Waals surface area (Å²) in [7, 11) is 0. The third-order valence-corrected chi connectivity index (χ3v) is 3.87. The van der Waals surface area contributed by atoms with Crippen LogP contribution in [0, 0.1) is 5.92 Å². The monoisotopic (exact) mass is 300 g/mol. The summed E-state index contributed by atoms with van der Waals surface area (Å²) in [6, 6.07) is 0. The molecule has 0 saturated carbocycles. The number of ether oxygens (including phenoxy) is 2. The maximum atomic E-state index is 11.8. The average molecular weight is 300 g/mol. The third kappa shape index (κ3) is 10.3. The van der Waals surface area contributed by atoms with Gasteiger partial charge in [0.15, 0.2) is 0 Å². The van der Waals surface area contributed by atoms with Crippen LogP contribution in [-0.4, -0.2) is 24.6 Å². The number of hydrogen-bond donors (Lipinski definition) is 0. The van der Waals surface area contributed by atoms with Crippen LogP contribution in [0.5, 0.6) is 0 Å². The molecule has 0 aromatic rings. The van der Waals surface area contributed by atoms with E-state index in [1.165, 1.54) is 12.8 Å². The van der Waals surface area contributed by atoms with Crippen molar-refractivity contribution in [3.05, 3.63) is 0 Å². The van der Waals surface area contributed by atoms with Crippen LogP contribution in [0.15, 0.2) is 0 Å². The van der Waals surface area contributed by atoms with Gasteiger partial charge in [0.1, 0.15) is 6.10 Å². The molecule has 4 heteroatoms. The van der Waals surface area contributed by atoms with E-state index in [4.69, 9.17) is 9.47 Å². The van der Waals surface area contributed by atoms with Crippen molar-refractivity contribution in [3.63, 3.8) is 0 Å². The van der Waals surface area contributed by atoms with Crippen LogP contribution in [-0.2, 0) is 19.1 Å². The Labute approximate surface area is 129 Å². The number of carbonyl (C=O) groups is 2. The Morgan fingerprint density at radius 1 is 0.857 bits per heavy atom. The lowest BCUT2D eigenvalue weighted by Gasteiger charge is -2.19. The van der Waals surface area contributed by atoms with E-state index in [0.717, 1.165) is 25.2 Å². The van der Waals surface area contributed by atoms with Crippen LogP contribution in [0.2, 0.25) is 0 Å². The summed E-state index contributed by atoms with van der Waals surface area (Å²) in [6.07, 6.45) is 6.35. The van der Waals surface area contributed by atoms with Crippen LogP contribution < -0.4 is 0 Å². The van der Waals surface area contributed by atoms with E-state index in [1.807, 2.05) is 6.92 Å². The van der Waals surface area contributed by atoms with Crippen LogP contribution in [0.1, 0.15) is 79.1 Å². The number of carbonyl (C=O) groups excluding carboxylic acids is 2. The molecule has 0 aliphatic rings. The first-order valence-electron chi connectivity index (χ1n) is 8.42. The Kier molecular flexibility index (Phi) is 12.0. The summed E-state index contributed by atoms with van der Waals surface area (Å²) < 4.78 is 10.3. The van der Waals surface area contributed by atoms with Gasteiger partial charge in [-0.05, 0) is 38.5 Å². The van der Waals surface area contributed by atoms with E-state index in [-0.39, 0.29) is 24.5 Å². The Hall–Kier alpha value is -1.06. The Balaban J connectivity index is 3.90. The summed E-state index contributed by atoms with van der Waals surface area (Å²) in [4.78, 5) is 22.9. The molecule has 0 aromatic carbocycles. The van der Waals surface area contributed by atoms with Crippen LogP contribution in [0.4, 0.5) is 0 Å². The minimum Gasteiger partial charge on any atom is -0.466 e. The summed E-state index contributed by atoms with van der Waals surface area (Å²) in [5.41, 5.74) is 0. The van der Waals surface area contributed by atoms with Crippen molar-refractivity contribution in [2.75, 3.05) is 6.61 Å². The first-order valence-corrected chi connectivity index (χ1v) is 8.42. The van der Waals surface area contributed by atoms with E-state index in [1.54, 1.807) is 6.92 Å². The zero-order chi connectivity index (χ0) is 16.1. The zero-order valence-electron chi connectivity index (χ0n) is 14.2. The second kappa shape index (κ2) is 12.7. The molecule has 0 rings (SSSR count). The molecular weight excluding hydrogens is 268 g/mol. The van der Waals surface area contributed by atoms with Gasteiger partial charge in [0.05, 0.1) is 6.61 Å². The van der Waals surface area contributed by atoms with Gasteiger partial charge in [-0.25, -0.2) is 0 Å². The summed E-state index contributed by atoms with van der Waals surface area (Å²) >= 11 is 0. The molecule has 4 nitrogen and oxygen atoms in total. The van der Waals surface area contributed by atoms with Crippen molar-refractivity contribution in [2.24, 2.45) is 5.92 Å². The standard InChI is InChI=1S/C17H32O4/c1-5-14(6-2)12-13-15(7-3)21-17(19)11-9-10-16(18)20-8-4/h14-15H,5-13H2,1-4H3. The van der Waals surface area contributed by atoms with Crippen molar-refractivity contribution >= 4 is 11.9 Å². The lowest BCUT2D eigenvalue weighted by Crippen LogP contribution is -2.18. The maximum absolute atomic E-state index is 11.8. The number of rotatable bonds is 12. The normalized spacial score (nSPS) is 12.2. The van der Waals surface area contributed by atoms with Crippen LogP contribution in [0.3, 0.4) is 0 Å². The highest BCUT2D eigenvalue weighted by atomic mass is 16.5. The lowest BCUT2D eigenvalue weighted by molar-refractivity contribution is -0.150. The molecule has 0 N–H and O–H groups in total. The Bertz CT molecular complexity index is 285. The second-order valence-corrected chi connectivity index (χ2v) is 5.44. The summed E-state index contributed by atoms with van der Waals surface area (Å²) in [6.45, 7) is 8.62. The smallest absolute Gasteiger partial charge is 0.306 e. The predicted molar refractivity (Wildman–Crippen MR) is 84.0 cm³/mol. The molecule has 1 atom stereocenters. The third-order valence-electron chi connectivity index (χ3n) is 3.87. The molecule has 0 amide bonds. The van der Waals surface area contributed by atoms with Crippen molar-refractivity contribution in [1.29, 1.82) is 0 Å². The van der Waals surface area contributed by atoms with Gasteiger partial charge in [-0.2, -0.15) is 0 Å². The van der Waals surface area contributed by atoms with Gasteiger partial charge >= 0.3 is 11.9 Å². The van der Waals surface area contributed by atoms with E-state index >= 15 is 0 Å². The minimum atomic E-state index is -0.244. The van der Waals surface area contributed by atoms with E-state index in [2.05, 4.69) is 13.8 Å². The quantitative estimate of drug-likeness (QED) is 0.505. The largest absolute Gasteiger partial charge is 0.466 e. The molecule has 0 saturated heterocycles. The van der Waals surface area contributed by atoms with Crippen molar-refractivity contribution < 1.29 is 19.1 Å². The average Bonchev–Trinajstić information content (AvgIpc) is 2.47. The Morgan fingerprint density at radius 2 is 1.48 bits per heavy atom. The predicted octanol–water partition coefficient (Wildman–Crippen LogP) is 4.26. The number of hydrogen-bond acceptors (Lipinski definition) is 4. The molecule has 124 valence electrons. The van der Waals surface area contributed by atoms with Gasteiger partial charge in [-0.15, -0.1) is 0 Å². The van der Waals surface area contributed by atoms with Gasteiger partial charge in [0.2, 0.25) is 0 Å². The molecular formula is C17H32O4. The molecule has 0 aliphatic heterocycles. The molecule has 0 aliphatic carbocycles. The minimum absolute atomic E-state index is 0.0145. The van der Waals surface area contributed by atoms with Gasteiger partial charge in [-0.1, -0.05) is 33.6 Å². The second-order valence-electron chi connectivity index (χ2n) is 5.44.